The van der Waals surface area contributed by atoms with Crippen LogP contribution in [0.3, 0.4) is 0 Å². The molecule has 1 fully saturated rings. The Kier molecular flexibility index (Phi) is 6.58. The van der Waals surface area contributed by atoms with E-state index in [0.717, 1.165) is 17.0 Å². The maximum absolute atomic E-state index is 13.5. The van der Waals surface area contributed by atoms with Gasteiger partial charge in [-0.1, -0.05) is 12.1 Å². The largest absolute Gasteiger partial charge is 0.370 e. The average molecular weight is 430 g/mol. The van der Waals surface area contributed by atoms with Crippen LogP contribution in [-0.2, 0) is 14.4 Å². The highest BCUT2D eigenvalue weighted by Crippen LogP contribution is 2.28. The molecule has 8 nitrogen and oxygen atoms in total. The molecule has 4 N–H and O–H groups in total. The molecule has 1 saturated heterocycles. The van der Waals surface area contributed by atoms with Gasteiger partial charge >= 0.3 is 0 Å². The predicted octanol–water partition coefficient (Wildman–Crippen LogP) is 1.56. The number of halogens is 2. The maximum atomic E-state index is 13.5. The lowest BCUT2D eigenvalue weighted by molar-refractivity contribution is -0.122. The van der Waals surface area contributed by atoms with Crippen LogP contribution < -0.4 is 21.3 Å². The van der Waals surface area contributed by atoms with E-state index >= 15 is 0 Å². The van der Waals surface area contributed by atoms with Gasteiger partial charge in [0.1, 0.15) is 11.6 Å². The van der Waals surface area contributed by atoms with Gasteiger partial charge in [-0.05, 0) is 24.3 Å². The molecule has 2 aromatic rings. The summed E-state index contributed by atoms with van der Waals surface area (Å²) >= 11 is 0. The van der Waals surface area contributed by atoms with Gasteiger partial charge in [-0.15, -0.1) is 0 Å². The number of nitrogens with zero attached hydrogens (tertiary/aromatic N) is 1. The van der Waals surface area contributed by atoms with Gasteiger partial charge < -0.3 is 21.3 Å². The fourth-order valence-corrected chi connectivity index (χ4v) is 3.25. The number of carbonyl (C=O) groups excluding carboxylic acids is 4. The number of nitrogens with one attached hydrogen (secondary N) is 2. The summed E-state index contributed by atoms with van der Waals surface area (Å²) in [6.45, 7) is -0.00668. The Bertz CT molecular complexity index is 1020. The van der Waals surface area contributed by atoms with E-state index in [9.17, 15) is 28.0 Å². The van der Waals surface area contributed by atoms with Crippen LogP contribution in [0, 0.1) is 17.6 Å². The first kappa shape index (κ1) is 21.9. The molecule has 1 aliphatic rings. The molecule has 0 aromatic heterocycles. The van der Waals surface area contributed by atoms with E-state index in [0.29, 0.717) is 6.07 Å². The first-order chi connectivity index (χ1) is 14.7. The molecule has 0 bridgehead atoms. The molecule has 0 saturated carbocycles. The molecule has 0 radical (unpaired) electrons. The lowest BCUT2D eigenvalue weighted by Crippen LogP contribution is -2.30. The van der Waals surface area contributed by atoms with Crippen LogP contribution in [0.4, 0.5) is 20.2 Å². The molecule has 1 atom stereocenters. The summed E-state index contributed by atoms with van der Waals surface area (Å²) in [4.78, 5) is 49.3. The number of hydrogen-bond donors (Lipinski definition) is 3. The van der Waals surface area contributed by atoms with Crippen LogP contribution in [0.25, 0.3) is 0 Å². The van der Waals surface area contributed by atoms with Crippen molar-refractivity contribution >= 4 is 35.0 Å². The molecule has 0 aliphatic carbocycles. The average Bonchev–Trinajstić information content (AvgIpc) is 3.09. The summed E-state index contributed by atoms with van der Waals surface area (Å²) in [5.41, 5.74) is 5.48. The topological polar surface area (TPSA) is 122 Å². The normalized spacial score (nSPS) is 15.6. The zero-order chi connectivity index (χ0) is 22.5. The van der Waals surface area contributed by atoms with Crippen LogP contribution in [0.5, 0.6) is 0 Å². The minimum atomic E-state index is -0.827. The molecule has 1 heterocycles. The Labute approximate surface area is 176 Å². The number of para-hydroxylation sites is 1. The van der Waals surface area contributed by atoms with Crippen molar-refractivity contribution in [3.8, 4) is 0 Å². The number of nitrogens with two attached hydrogens (primary N) is 1. The molecular weight excluding hydrogens is 410 g/mol. The van der Waals surface area contributed by atoms with Crippen molar-refractivity contribution < 1.29 is 28.0 Å². The number of rotatable bonds is 7. The molecule has 1 unspecified atom stereocenters. The zero-order valence-corrected chi connectivity index (χ0v) is 16.4. The fourth-order valence-electron chi connectivity index (χ4n) is 3.25. The van der Waals surface area contributed by atoms with Crippen molar-refractivity contribution in [3.05, 3.63) is 59.7 Å². The predicted molar refractivity (Wildman–Crippen MR) is 108 cm³/mol. The molecule has 4 amide bonds. The summed E-state index contributed by atoms with van der Waals surface area (Å²) in [7, 11) is 0. The summed E-state index contributed by atoms with van der Waals surface area (Å²) in [6, 6.07) is 8.99. The molecule has 31 heavy (non-hydrogen) atoms. The molecular formula is C21H20F2N4O4. The van der Waals surface area contributed by atoms with E-state index in [2.05, 4.69) is 10.6 Å². The third-order valence-electron chi connectivity index (χ3n) is 4.74. The quantitative estimate of drug-likeness (QED) is 0.617. The highest BCUT2D eigenvalue weighted by Gasteiger charge is 2.35. The Balaban J connectivity index is 1.69. The number of carbonyl (C=O) groups is 4. The minimum Gasteiger partial charge on any atom is -0.370 e. The van der Waals surface area contributed by atoms with Crippen LogP contribution in [0.1, 0.15) is 23.2 Å². The van der Waals surface area contributed by atoms with Crippen LogP contribution in [-0.4, -0.2) is 36.7 Å². The summed E-state index contributed by atoms with van der Waals surface area (Å²) in [5, 5.41) is 5.16. The molecule has 2 aromatic carbocycles. The van der Waals surface area contributed by atoms with E-state index in [4.69, 9.17) is 5.73 Å². The summed E-state index contributed by atoms with van der Waals surface area (Å²) in [6.07, 6.45) is -0.169. The van der Waals surface area contributed by atoms with E-state index in [1.54, 1.807) is 12.1 Å². The van der Waals surface area contributed by atoms with Crippen LogP contribution in [0.15, 0.2) is 42.5 Å². The second-order valence-corrected chi connectivity index (χ2v) is 7.04. The van der Waals surface area contributed by atoms with Crippen molar-refractivity contribution in [1.82, 2.24) is 5.32 Å². The van der Waals surface area contributed by atoms with E-state index in [1.807, 2.05) is 0 Å². The highest BCUT2D eigenvalue weighted by atomic mass is 19.1. The van der Waals surface area contributed by atoms with Crippen molar-refractivity contribution in [1.29, 1.82) is 0 Å². The third-order valence-corrected chi connectivity index (χ3v) is 4.74. The Morgan fingerprint density at radius 2 is 1.77 bits per heavy atom. The Hall–Kier alpha value is -3.82. The smallest absolute Gasteiger partial charge is 0.253 e. The monoisotopic (exact) mass is 430 g/mol. The Morgan fingerprint density at radius 1 is 1.10 bits per heavy atom. The maximum Gasteiger partial charge on any atom is 0.253 e. The lowest BCUT2D eigenvalue weighted by Gasteiger charge is -2.17. The van der Waals surface area contributed by atoms with Gasteiger partial charge in [-0.3, -0.25) is 19.2 Å². The third kappa shape index (κ3) is 5.41. The van der Waals surface area contributed by atoms with E-state index < -0.39 is 41.2 Å². The minimum absolute atomic E-state index is 0.0268. The van der Waals surface area contributed by atoms with Gasteiger partial charge in [0.05, 0.1) is 17.2 Å². The second kappa shape index (κ2) is 9.33. The molecule has 1 aliphatic heterocycles. The SMILES string of the molecule is NC(=O)CCNC(=O)c1ccccc1NC(=O)C1CC(=O)N(c2cc(F)cc(F)c2)C1. The number of anilines is 2. The van der Waals surface area contributed by atoms with Crippen molar-refractivity contribution in [2.45, 2.75) is 12.8 Å². The van der Waals surface area contributed by atoms with Gasteiger partial charge in [0, 0.05) is 37.7 Å². The summed E-state index contributed by atoms with van der Waals surface area (Å²) < 4.78 is 27.0. The fraction of sp³-hybridized carbons (Fsp3) is 0.238. The van der Waals surface area contributed by atoms with Crippen LogP contribution >= 0.6 is 0 Å². The van der Waals surface area contributed by atoms with Crippen LogP contribution in [0.2, 0.25) is 0 Å². The molecule has 3 rings (SSSR count). The van der Waals surface area contributed by atoms with Crippen molar-refractivity contribution in [2.24, 2.45) is 11.7 Å². The highest BCUT2D eigenvalue weighted by molar-refractivity contribution is 6.07. The van der Waals surface area contributed by atoms with Crippen molar-refractivity contribution in [2.75, 3.05) is 23.3 Å². The number of benzene rings is 2. The van der Waals surface area contributed by atoms with E-state index in [1.165, 1.54) is 12.1 Å². The van der Waals surface area contributed by atoms with E-state index in [-0.39, 0.29) is 42.9 Å². The lowest BCUT2D eigenvalue weighted by atomic mass is 10.1. The van der Waals surface area contributed by atoms with Gasteiger partial charge in [0.2, 0.25) is 17.7 Å². The second-order valence-electron chi connectivity index (χ2n) is 7.04. The van der Waals surface area contributed by atoms with Gasteiger partial charge in [0.25, 0.3) is 5.91 Å². The first-order valence-electron chi connectivity index (χ1n) is 9.47. The van der Waals surface area contributed by atoms with Gasteiger partial charge in [0.15, 0.2) is 0 Å². The molecule has 0 spiro atoms. The summed E-state index contributed by atoms with van der Waals surface area (Å²) in [5.74, 6) is -4.44. The number of hydrogen-bond acceptors (Lipinski definition) is 4. The zero-order valence-electron chi connectivity index (χ0n) is 16.4. The number of primary amides is 1. The van der Waals surface area contributed by atoms with Gasteiger partial charge in [-0.2, -0.15) is 0 Å². The Morgan fingerprint density at radius 3 is 2.45 bits per heavy atom. The first-order valence-corrected chi connectivity index (χ1v) is 9.47. The number of amides is 4. The van der Waals surface area contributed by atoms with Crippen molar-refractivity contribution in [3.63, 3.8) is 0 Å². The van der Waals surface area contributed by atoms with Gasteiger partial charge in [-0.25, -0.2) is 8.78 Å². The standard InChI is InChI=1S/C21H20F2N4O4/c22-13-8-14(23)10-15(9-13)27-11-12(7-19(27)29)20(30)26-17-4-2-1-3-16(17)21(31)25-6-5-18(24)28/h1-4,8-10,12H,5-7,11H2,(H2,24,28)(H,25,31)(H,26,30). The molecule has 162 valence electrons. The molecule has 10 heteroatoms.